The molecule has 0 radical (unpaired) electrons. The Bertz CT molecular complexity index is 480. The number of hydrogen-bond donors (Lipinski definition) is 1. The largest absolute Gasteiger partial charge is 0.492 e. The third-order valence-electron chi connectivity index (χ3n) is 2.83. The van der Waals surface area contributed by atoms with E-state index in [0.29, 0.717) is 6.61 Å². The van der Waals surface area contributed by atoms with Crippen LogP contribution in [-0.4, -0.2) is 27.2 Å². The average molecular weight is 256 g/mol. The molecule has 2 aromatic rings. The number of benzene rings is 2. The zero-order valence-corrected chi connectivity index (χ0v) is 11.5. The lowest BCUT2D eigenvalue weighted by molar-refractivity contribution is 0.333. The second-order valence-electron chi connectivity index (χ2n) is 4.53. The zero-order valence-electron chi connectivity index (χ0n) is 11.5. The molecule has 3 nitrogen and oxygen atoms in total. The van der Waals surface area contributed by atoms with Crippen LogP contribution in [0.25, 0.3) is 0 Å². The van der Waals surface area contributed by atoms with Crippen molar-refractivity contribution >= 4 is 11.4 Å². The van der Waals surface area contributed by atoms with Crippen LogP contribution in [0.4, 0.5) is 11.4 Å². The number of para-hydroxylation sites is 1. The van der Waals surface area contributed by atoms with Crippen LogP contribution >= 0.6 is 0 Å². The van der Waals surface area contributed by atoms with Crippen LogP contribution in [0.2, 0.25) is 0 Å². The highest BCUT2D eigenvalue weighted by Crippen LogP contribution is 2.15. The Morgan fingerprint density at radius 3 is 2.26 bits per heavy atom. The third-order valence-corrected chi connectivity index (χ3v) is 2.83. The van der Waals surface area contributed by atoms with E-state index in [2.05, 4.69) is 34.5 Å². The lowest BCUT2D eigenvalue weighted by atomic mass is 10.2. The van der Waals surface area contributed by atoms with Crippen LogP contribution in [0.3, 0.4) is 0 Å². The van der Waals surface area contributed by atoms with E-state index in [1.165, 1.54) is 5.69 Å². The van der Waals surface area contributed by atoms with Crippen molar-refractivity contribution in [3.8, 4) is 5.75 Å². The van der Waals surface area contributed by atoms with E-state index < -0.39 is 0 Å². The van der Waals surface area contributed by atoms with Gasteiger partial charge in [0.15, 0.2) is 0 Å². The fourth-order valence-electron chi connectivity index (χ4n) is 1.76. The van der Waals surface area contributed by atoms with E-state index >= 15 is 0 Å². The predicted molar refractivity (Wildman–Crippen MR) is 81.2 cm³/mol. The molecule has 0 atom stereocenters. The second kappa shape index (κ2) is 6.69. The maximum atomic E-state index is 5.62. The standard InChI is InChI=1S/C16H20N2O/c1-18(2)15-10-8-14(9-11-15)17-12-13-19-16-6-4-3-5-7-16/h3-11,17H,12-13H2,1-2H3. The summed E-state index contributed by atoms with van der Waals surface area (Å²) in [5, 5.41) is 3.34. The summed E-state index contributed by atoms with van der Waals surface area (Å²) in [5.74, 6) is 0.909. The van der Waals surface area contributed by atoms with Gasteiger partial charge < -0.3 is 15.0 Å². The van der Waals surface area contributed by atoms with Crippen molar-refractivity contribution in [1.82, 2.24) is 0 Å². The second-order valence-corrected chi connectivity index (χ2v) is 4.53. The Morgan fingerprint density at radius 2 is 1.63 bits per heavy atom. The summed E-state index contributed by atoms with van der Waals surface area (Å²) in [6.45, 7) is 1.44. The molecule has 0 amide bonds. The minimum atomic E-state index is 0.652. The minimum Gasteiger partial charge on any atom is -0.492 e. The van der Waals surface area contributed by atoms with E-state index in [1.54, 1.807) is 0 Å². The first-order chi connectivity index (χ1) is 9.25. The van der Waals surface area contributed by atoms with E-state index in [4.69, 9.17) is 4.74 Å². The average Bonchev–Trinajstić information content (AvgIpc) is 2.45. The van der Waals surface area contributed by atoms with Crippen molar-refractivity contribution in [3.05, 3.63) is 54.6 Å². The van der Waals surface area contributed by atoms with Crippen LogP contribution in [0.5, 0.6) is 5.75 Å². The zero-order chi connectivity index (χ0) is 13.5. The highest BCUT2D eigenvalue weighted by Gasteiger charge is 1.96. The van der Waals surface area contributed by atoms with Gasteiger partial charge in [0, 0.05) is 32.0 Å². The Labute approximate surface area is 114 Å². The van der Waals surface area contributed by atoms with Gasteiger partial charge >= 0.3 is 0 Å². The number of nitrogens with zero attached hydrogens (tertiary/aromatic N) is 1. The van der Waals surface area contributed by atoms with Crippen molar-refractivity contribution in [3.63, 3.8) is 0 Å². The number of anilines is 2. The lowest BCUT2D eigenvalue weighted by Crippen LogP contribution is -2.12. The molecule has 0 aliphatic carbocycles. The fraction of sp³-hybridized carbons (Fsp3) is 0.250. The van der Waals surface area contributed by atoms with Gasteiger partial charge in [-0.1, -0.05) is 18.2 Å². The highest BCUT2D eigenvalue weighted by molar-refractivity contribution is 5.54. The Kier molecular flexibility index (Phi) is 4.67. The van der Waals surface area contributed by atoms with Gasteiger partial charge in [0.25, 0.3) is 0 Å². The molecule has 2 rings (SSSR count). The molecule has 2 aromatic carbocycles. The molecule has 0 aliphatic heterocycles. The first kappa shape index (κ1) is 13.3. The summed E-state index contributed by atoms with van der Waals surface area (Å²) < 4.78 is 5.62. The summed E-state index contributed by atoms with van der Waals surface area (Å²) in [7, 11) is 4.08. The number of rotatable bonds is 6. The SMILES string of the molecule is CN(C)c1ccc(NCCOc2ccccc2)cc1. The van der Waals surface area contributed by atoms with Gasteiger partial charge in [-0.2, -0.15) is 0 Å². The van der Waals surface area contributed by atoms with Gasteiger partial charge in [-0.3, -0.25) is 0 Å². The Morgan fingerprint density at radius 1 is 0.947 bits per heavy atom. The van der Waals surface area contributed by atoms with Gasteiger partial charge in [-0.05, 0) is 36.4 Å². The number of nitrogens with one attached hydrogen (secondary N) is 1. The summed E-state index contributed by atoms with van der Waals surface area (Å²) in [6, 6.07) is 18.2. The molecular weight excluding hydrogens is 236 g/mol. The maximum Gasteiger partial charge on any atom is 0.119 e. The monoisotopic (exact) mass is 256 g/mol. The van der Waals surface area contributed by atoms with E-state index in [9.17, 15) is 0 Å². The fourth-order valence-corrected chi connectivity index (χ4v) is 1.76. The van der Waals surface area contributed by atoms with Crippen LogP contribution in [0, 0.1) is 0 Å². The Hall–Kier alpha value is -2.16. The molecule has 19 heavy (non-hydrogen) atoms. The maximum absolute atomic E-state index is 5.62. The molecule has 0 unspecified atom stereocenters. The molecule has 1 N–H and O–H groups in total. The summed E-state index contributed by atoms with van der Waals surface area (Å²) in [6.07, 6.45) is 0. The molecule has 0 aliphatic rings. The molecule has 3 heteroatoms. The Balaban J connectivity index is 1.74. The van der Waals surface area contributed by atoms with Crippen LogP contribution in [0.15, 0.2) is 54.6 Å². The van der Waals surface area contributed by atoms with Gasteiger partial charge in [0.05, 0.1) is 0 Å². The molecule has 0 spiro atoms. The van der Waals surface area contributed by atoms with Crippen LogP contribution in [-0.2, 0) is 0 Å². The lowest BCUT2D eigenvalue weighted by Gasteiger charge is -2.13. The van der Waals surface area contributed by atoms with Crippen molar-refractivity contribution < 1.29 is 4.74 Å². The topological polar surface area (TPSA) is 24.5 Å². The van der Waals surface area contributed by atoms with E-state index in [1.807, 2.05) is 44.4 Å². The molecule has 0 heterocycles. The molecule has 100 valence electrons. The van der Waals surface area contributed by atoms with Gasteiger partial charge in [0.2, 0.25) is 0 Å². The van der Waals surface area contributed by atoms with Crippen molar-refractivity contribution in [2.75, 3.05) is 37.5 Å². The summed E-state index contributed by atoms with van der Waals surface area (Å²) >= 11 is 0. The molecular formula is C16H20N2O. The smallest absolute Gasteiger partial charge is 0.119 e. The van der Waals surface area contributed by atoms with Crippen molar-refractivity contribution in [1.29, 1.82) is 0 Å². The summed E-state index contributed by atoms with van der Waals surface area (Å²) in [4.78, 5) is 2.09. The van der Waals surface area contributed by atoms with Gasteiger partial charge in [-0.15, -0.1) is 0 Å². The predicted octanol–water partition coefficient (Wildman–Crippen LogP) is 3.24. The number of hydrogen-bond acceptors (Lipinski definition) is 3. The molecule has 0 saturated heterocycles. The first-order valence-electron chi connectivity index (χ1n) is 6.45. The number of ether oxygens (including phenoxy) is 1. The highest BCUT2D eigenvalue weighted by atomic mass is 16.5. The van der Waals surface area contributed by atoms with Crippen LogP contribution < -0.4 is 15.0 Å². The van der Waals surface area contributed by atoms with E-state index in [0.717, 1.165) is 18.0 Å². The molecule has 0 saturated carbocycles. The molecule has 0 fully saturated rings. The van der Waals surface area contributed by atoms with Gasteiger partial charge in [-0.25, -0.2) is 0 Å². The van der Waals surface area contributed by atoms with E-state index in [-0.39, 0.29) is 0 Å². The molecule has 0 aromatic heterocycles. The normalized spacial score (nSPS) is 10.0. The van der Waals surface area contributed by atoms with Gasteiger partial charge in [0.1, 0.15) is 12.4 Å². The molecule has 0 bridgehead atoms. The minimum absolute atomic E-state index is 0.652. The quantitative estimate of drug-likeness (QED) is 0.803. The van der Waals surface area contributed by atoms with Crippen molar-refractivity contribution in [2.45, 2.75) is 0 Å². The summed E-state index contributed by atoms with van der Waals surface area (Å²) in [5.41, 5.74) is 2.31. The van der Waals surface area contributed by atoms with Crippen LogP contribution in [0.1, 0.15) is 0 Å². The van der Waals surface area contributed by atoms with Crippen molar-refractivity contribution in [2.24, 2.45) is 0 Å². The third kappa shape index (κ3) is 4.21. The first-order valence-corrected chi connectivity index (χ1v) is 6.45.